The van der Waals surface area contributed by atoms with Gasteiger partial charge >= 0.3 is 5.97 Å². The van der Waals surface area contributed by atoms with E-state index in [4.69, 9.17) is 0 Å². The van der Waals surface area contributed by atoms with Gasteiger partial charge in [-0.15, -0.1) is 0 Å². The third-order valence-corrected chi connectivity index (χ3v) is 3.83. The average Bonchev–Trinajstić information content (AvgIpc) is 2.97. The zero-order chi connectivity index (χ0) is 13.0. The number of carbonyl (C=O) groups is 1. The van der Waals surface area contributed by atoms with Gasteiger partial charge in [-0.1, -0.05) is 18.2 Å². The fourth-order valence-corrected chi connectivity index (χ4v) is 3.01. The highest BCUT2D eigenvalue weighted by atomic mass is 16.4. The lowest BCUT2D eigenvalue weighted by atomic mass is 9.71. The van der Waals surface area contributed by atoms with Crippen LogP contribution in [-0.2, 0) is 10.2 Å². The molecule has 0 amide bonds. The molecular formula is C15H10N2O2. The monoisotopic (exact) mass is 250 g/mol. The van der Waals surface area contributed by atoms with E-state index >= 15 is 0 Å². The minimum atomic E-state index is -0.943. The topological polar surface area (TPSA) is 61.7 Å². The van der Waals surface area contributed by atoms with E-state index in [1.54, 1.807) is 6.08 Å². The van der Waals surface area contributed by atoms with Crippen LogP contribution in [0.5, 0.6) is 0 Å². The molecule has 92 valence electrons. The summed E-state index contributed by atoms with van der Waals surface area (Å²) in [4.78, 5) is 16.0. The van der Waals surface area contributed by atoms with E-state index < -0.39 is 11.4 Å². The van der Waals surface area contributed by atoms with Crippen LogP contribution in [0, 0.1) is 0 Å². The predicted octanol–water partition coefficient (Wildman–Crippen LogP) is 2.04. The maximum Gasteiger partial charge on any atom is 0.337 e. The first-order chi connectivity index (χ1) is 9.23. The Hall–Kier alpha value is -2.62. The molecule has 0 aromatic heterocycles. The average molecular weight is 250 g/mol. The molecule has 0 radical (unpaired) electrons. The fourth-order valence-electron chi connectivity index (χ4n) is 3.01. The number of hydrogen-bond donors (Lipinski definition) is 2. The Morgan fingerprint density at radius 2 is 2.11 bits per heavy atom. The molecule has 1 unspecified atom stereocenters. The molecule has 1 aliphatic carbocycles. The van der Waals surface area contributed by atoms with E-state index in [9.17, 15) is 9.90 Å². The Labute approximate surface area is 109 Å². The second-order valence-corrected chi connectivity index (χ2v) is 4.73. The number of rotatable bonds is 1. The molecule has 0 saturated heterocycles. The van der Waals surface area contributed by atoms with Crippen LogP contribution in [0.3, 0.4) is 0 Å². The maximum absolute atomic E-state index is 11.4. The Kier molecular flexibility index (Phi) is 1.75. The standard InChI is InChI=1S/C15H10N2O2/c18-14(19)9-5-6-12-15(7-8-16-12)10-3-1-2-4-11(10)17-13(9)15/h1-8,16H,(H,18,19). The summed E-state index contributed by atoms with van der Waals surface area (Å²) in [6.45, 7) is 0. The van der Waals surface area contributed by atoms with Crippen molar-refractivity contribution in [3.63, 3.8) is 0 Å². The van der Waals surface area contributed by atoms with Gasteiger partial charge in [-0.2, -0.15) is 0 Å². The molecule has 1 spiro atoms. The van der Waals surface area contributed by atoms with Crippen molar-refractivity contribution in [2.45, 2.75) is 5.41 Å². The van der Waals surface area contributed by atoms with Crippen molar-refractivity contribution in [1.29, 1.82) is 0 Å². The first-order valence-corrected chi connectivity index (χ1v) is 6.02. The molecule has 4 rings (SSSR count). The summed E-state index contributed by atoms with van der Waals surface area (Å²) in [5.74, 6) is -0.943. The van der Waals surface area contributed by atoms with Crippen molar-refractivity contribution in [2.75, 3.05) is 0 Å². The molecule has 1 aromatic carbocycles. The van der Waals surface area contributed by atoms with Gasteiger partial charge in [-0.05, 0) is 36.1 Å². The first kappa shape index (κ1) is 10.3. The highest BCUT2D eigenvalue weighted by molar-refractivity contribution is 6.28. The summed E-state index contributed by atoms with van der Waals surface area (Å²) in [5, 5.41) is 12.5. The van der Waals surface area contributed by atoms with Crippen LogP contribution in [0.25, 0.3) is 0 Å². The molecule has 2 heterocycles. The molecule has 1 aromatic rings. The SMILES string of the molecule is O=C(O)C1=CC=C2NC=CC23C1=Nc1ccccc13. The molecule has 4 nitrogen and oxygen atoms in total. The van der Waals surface area contributed by atoms with Crippen molar-refractivity contribution in [1.82, 2.24) is 5.32 Å². The number of allylic oxidation sites excluding steroid dienone is 3. The summed E-state index contributed by atoms with van der Waals surface area (Å²) >= 11 is 0. The number of carboxylic acids is 1. The van der Waals surface area contributed by atoms with Crippen molar-refractivity contribution in [3.8, 4) is 0 Å². The van der Waals surface area contributed by atoms with Crippen LogP contribution in [-0.4, -0.2) is 16.8 Å². The Bertz CT molecular complexity index is 740. The Morgan fingerprint density at radius 1 is 1.26 bits per heavy atom. The summed E-state index contributed by atoms with van der Waals surface area (Å²) in [7, 11) is 0. The fraction of sp³-hybridized carbons (Fsp3) is 0.0667. The molecule has 0 saturated carbocycles. The number of carboxylic acid groups (broad SMARTS) is 1. The van der Waals surface area contributed by atoms with E-state index in [0.29, 0.717) is 5.71 Å². The quantitative estimate of drug-likeness (QED) is 0.801. The predicted molar refractivity (Wildman–Crippen MR) is 71.3 cm³/mol. The molecule has 3 aliphatic rings. The number of nitrogens with zero attached hydrogens (tertiary/aromatic N) is 1. The Morgan fingerprint density at radius 3 is 2.95 bits per heavy atom. The summed E-state index contributed by atoms with van der Waals surface area (Å²) < 4.78 is 0. The lowest BCUT2D eigenvalue weighted by molar-refractivity contribution is -0.132. The van der Waals surface area contributed by atoms with Crippen LogP contribution >= 0.6 is 0 Å². The van der Waals surface area contributed by atoms with E-state index in [0.717, 1.165) is 16.9 Å². The number of hydrogen-bond acceptors (Lipinski definition) is 3. The minimum Gasteiger partial charge on any atom is -0.478 e. The lowest BCUT2D eigenvalue weighted by Gasteiger charge is -2.29. The molecule has 2 N–H and O–H groups in total. The van der Waals surface area contributed by atoms with E-state index in [-0.39, 0.29) is 5.57 Å². The van der Waals surface area contributed by atoms with Crippen LogP contribution < -0.4 is 5.32 Å². The molecule has 1 atom stereocenters. The number of fused-ring (bicyclic) bond motifs is 1. The van der Waals surface area contributed by atoms with Gasteiger partial charge in [0, 0.05) is 5.70 Å². The number of benzene rings is 1. The molecule has 19 heavy (non-hydrogen) atoms. The number of aliphatic imine (C=N–C) groups is 1. The number of aliphatic carboxylic acids is 1. The zero-order valence-electron chi connectivity index (χ0n) is 9.92. The van der Waals surface area contributed by atoms with Crippen LogP contribution in [0.4, 0.5) is 5.69 Å². The third kappa shape index (κ3) is 1.08. The smallest absolute Gasteiger partial charge is 0.337 e. The van der Waals surface area contributed by atoms with Crippen molar-refractivity contribution in [3.05, 3.63) is 65.5 Å². The van der Waals surface area contributed by atoms with Gasteiger partial charge in [0.25, 0.3) is 0 Å². The summed E-state index contributed by atoms with van der Waals surface area (Å²) in [6.07, 6.45) is 7.27. The van der Waals surface area contributed by atoms with E-state index in [2.05, 4.69) is 10.3 Å². The third-order valence-electron chi connectivity index (χ3n) is 3.83. The summed E-state index contributed by atoms with van der Waals surface area (Å²) in [5.41, 5.74) is 3.14. The second-order valence-electron chi connectivity index (χ2n) is 4.73. The van der Waals surface area contributed by atoms with Crippen molar-refractivity contribution in [2.24, 2.45) is 4.99 Å². The largest absolute Gasteiger partial charge is 0.478 e. The van der Waals surface area contributed by atoms with Crippen LogP contribution in [0.15, 0.2) is 65.0 Å². The summed E-state index contributed by atoms with van der Waals surface area (Å²) in [6, 6.07) is 7.78. The number of para-hydroxylation sites is 1. The van der Waals surface area contributed by atoms with Crippen LogP contribution in [0.2, 0.25) is 0 Å². The van der Waals surface area contributed by atoms with Crippen molar-refractivity contribution < 1.29 is 9.90 Å². The Balaban J connectivity index is 2.06. The molecule has 0 fully saturated rings. The highest BCUT2D eigenvalue weighted by Crippen LogP contribution is 2.50. The van der Waals surface area contributed by atoms with E-state index in [1.807, 2.05) is 42.6 Å². The van der Waals surface area contributed by atoms with Gasteiger partial charge < -0.3 is 10.4 Å². The van der Waals surface area contributed by atoms with Gasteiger partial charge in [-0.3, -0.25) is 4.99 Å². The van der Waals surface area contributed by atoms with Gasteiger partial charge in [0.1, 0.15) is 5.41 Å². The molecule has 0 bridgehead atoms. The maximum atomic E-state index is 11.4. The van der Waals surface area contributed by atoms with Gasteiger partial charge in [-0.25, -0.2) is 4.79 Å². The molecule has 4 heteroatoms. The van der Waals surface area contributed by atoms with Gasteiger partial charge in [0.15, 0.2) is 0 Å². The first-order valence-electron chi connectivity index (χ1n) is 6.02. The minimum absolute atomic E-state index is 0.258. The normalized spacial score (nSPS) is 25.6. The number of nitrogens with one attached hydrogen (secondary N) is 1. The molecular weight excluding hydrogens is 240 g/mol. The van der Waals surface area contributed by atoms with Crippen molar-refractivity contribution >= 4 is 17.4 Å². The van der Waals surface area contributed by atoms with Gasteiger partial charge in [0.05, 0.1) is 17.0 Å². The van der Waals surface area contributed by atoms with Crippen LogP contribution in [0.1, 0.15) is 5.56 Å². The van der Waals surface area contributed by atoms with E-state index in [1.165, 1.54) is 0 Å². The zero-order valence-corrected chi connectivity index (χ0v) is 9.92. The lowest BCUT2D eigenvalue weighted by Crippen LogP contribution is -2.38. The van der Waals surface area contributed by atoms with Gasteiger partial charge in [0.2, 0.25) is 0 Å². The molecule has 2 aliphatic heterocycles. The second kappa shape index (κ2) is 3.23. The highest BCUT2D eigenvalue weighted by Gasteiger charge is 2.50.